The van der Waals surface area contributed by atoms with Gasteiger partial charge < -0.3 is 19.3 Å². The number of ether oxygens (including phenoxy) is 3. The Morgan fingerprint density at radius 1 is 1.44 bits per heavy atom. The highest BCUT2D eigenvalue weighted by atomic mass is 16.5. The summed E-state index contributed by atoms with van der Waals surface area (Å²) < 4.78 is 16.6. The van der Waals surface area contributed by atoms with Gasteiger partial charge in [0.25, 0.3) is 0 Å². The molecule has 0 saturated heterocycles. The van der Waals surface area contributed by atoms with E-state index in [9.17, 15) is 5.11 Å². The molecule has 0 amide bonds. The summed E-state index contributed by atoms with van der Waals surface area (Å²) in [6, 6.07) is 3.56. The monoisotopic (exact) mass is 252 g/mol. The molecule has 1 aliphatic rings. The quantitative estimate of drug-likeness (QED) is 0.894. The van der Waals surface area contributed by atoms with E-state index in [1.165, 1.54) is 0 Å². The Hall–Kier alpha value is -1.26. The summed E-state index contributed by atoms with van der Waals surface area (Å²) in [6.45, 7) is 3.88. The van der Waals surface area contributed by atoms with Gasteiger partial charge >= 0.3 is 0 Å². The van der Waals surface area contributed by atoms with Gasteiger partial charge in [0.2, 0.25) is 0 Å². The molecule has 1 heterocycles. The molecule has 100 valence electrons. The molecule has 0 aliphatic carbocycles. The Bertz CT molecular complexity index is 403. The average Bonchev–Trinajstić information content (AvgIpc) is 2.58. The van der Waals surface area contributed by atoms with Gasteiger partial charge in [-0.1, -0.05) is 6.07 Å². The maximum atomic E-state index is 9.82. The third-order valence-corrected chi connectivity index (χ3v) is 3.19. The summed E-state index contributed by atoms with van der Waals surface area (Å²) in [7, 11) is 1.58. The molecule has 0 aromatic heterocycles. The van der Waals surface area contributed by atoms with Crippen LogP contribution < -0.4 is 4.74 Å². The van der Waals surface area contributed by atoms with Gasteiger partial charge in [0.05, 0.1) is 13.7 Å². The minimum absolute atomic E-state index is 0.0723. The molecule has 0 fully saturated rings. The first-order valence-corrected chi connectivity index (χ1v) is 6.36. The zero-order valence-electron chi connectivity index (χ0n) is 10.9. The Kier molecular flexibility index (Phi) is 4.44. The summed E-state index contributed by atoms with van der Waals surface area (Å²) in [5.41, 5.74) is 2.11. The molecule has 0 radical (unpaired) electrons. The molecule has 0 saturated carbocycles. The number of aromatic hydroxyl groups is 1. The van der Waals surface area contributed by atoms with Gasteiger partial charge in [-0.3, -0.25) is 0 Å². The molecule has 1 atom stereocenters. The lowest BCUT2D eigenvalue weighted by Crippen LogP contribution is -2.12. The van der Waals surface area contributed by atoms with E-state index in [0.717, 1.165) is 24.0 Å². The highest BCUT2D eigenvalue weighted by Crippen LogP contribution is 2.38. The zero-order valence-corrected chi connectivity index (χ0v) is 10.9. The van der Waals surface area contributed by atoms with Crippen molar-refractivity contribution in [2.24, 2.45) is 0 Å². The van der Waals surface area contributed by atoms with Crippen molar-refractivity contribution in [3.63, 3.8) is 0 Å². The fourth-order valence-corrected chi connectivity index (χ4v) is 2.35. The molecule has 0 bridgehead atoms. The second-order valence-electron chi connectivity index (χ2n) is 4.31. The van der Waals surface area contributed by atoms with Crippen LogP contribution in [0.1, 0.15) is 30.6 Å². The van der Waals surface area contributed by atoms with Gasteiger partial charge in [-0.15, -0.1) is 0 Å². The smallest absolute Gasteiger partial charge is 0.164 e. The van der Waals surface area contributed by atoms with Gasteiger partial charge in [0.15, 0.2) is 11.5 Å². The van der Waals surface area contributed by atoms with Crippen molar-refractivity contribution in [1.29, 1.82) is 0 Å². The third-order valence-electron chi connectivity index (χ3n) is 3.19. The van der Waals surface area contributed by atoms with Crippen LogP contribution in [0, 0.1) is 0 Å². The minimum atomic E-state index is -0.0723. The Morgan fingerprint density at radius 2 is 2.28 bits per heavy atom. The van der Waals surface area contributed by atoms with E-state index in [-0.39, 0.29) is 11.9 Å². The average molecular weight is 252 g/mol. The first-order chi connectivity index (χ1) is 8.77. The van der Waals surface area contributed by atoms with Crippen molar-refractivity contribution in [3.05, 3.63) is 23.3 Å². The van der Waals surface area contributed by atoms with Gasteiger partial charge in [0, 0.05) is 18.8 Å². The predicted octanol–water partition coefficient (Wildman–Crippen LogP) is 2.44. The van der Waals surface area contributed by atoms with Gasteiger partial charge in [-0.2, -0.15) is 0 Å². The molecule has 18 heavy (non-hydrogen) atoms. The summed E-state index contributed by atoms with van der Waals surface area (Å²) in [4.78, 5) is 0. The molecule has 4 heteroatoms. The van der Waals surface area contributed by atoms with Crippen molar-refractivity contribution >= 4 is 0 Å². The number of phenols is 1. The van der Waals surface area contributed by atoms with Crippen molar-refractivity contribution in [2.45, 2.75) is 25.9 Å². The summed E-state index contributed by atoms with van der Waals surface area (Å²) in [6.07, 6.45) is 1.71. The van der Waals surface area contributed by atoms with Crippen LogP contribution in [0.4, 0.5) is 0 Å². The molecule has 1 aromatic rings. The van der Waals surface area contributed by atoms with Gasteiger partial charge in [0.1, 0.15) is 6.10 Å². The fraction of sp³-hybridized carbons (Fsp3) is 0.571. The highest BCUT2D eigenvalue weighted by molar-refractivity contribution is 5.51. The van der Waals surface area contributed by atoms with Crippen LogP contribution in [-0.4, -0.2) is 32.0 Å². The first kappa shape index (κ1) is 13.2. The molecule has 1 unspecified atom stereocenters. The number of phenolic OH excluding ortho intramolecular Hbond substituents is 1. The number of rotatable bonds is 4. The first-order valence-electron chi connectivity index (χ1n) is 6.36. The van der Waals surface area contributed by atoms with E-state index in [2.05, 4.69) is 0 Å². The van der Waals surface area contributed by atoms with Crippen LogP contribution >= 0.6 is 0 Å². The lowest BCUT2D eigenvalue weighted by Gasteiger charge is -2.19. The van der Waals surface area contributed by atoms with Crippen molar-refractivity contribution < 1.29 is 19.3 Å². The second-order valence-corrected chi connectivity index (χ2v) is 4.31. The standard InChI is InChI=1S/C14H20O4/c1-3-17-9-13-10-6-7-12(15)14(16-2)11(10)5-4-8-18-13/h6-7,13,15H,3-5,8-9H2,1-2H3. The predicted molar refractivity (Wildman–Crippen MR) is 68.2 cm³/mol. The Labute approximate surface area is 107 Å². The Balaban J connectivity index is 2.36. The molecule has 1 aromatic carbocycles. The Morgan fingerprint density at radius 3 is 3.00 bits per heavy atom. The number of hydrogen-bond acceptors (Lipinski definition) is 4. The van der Waals surface area contributed by atoms with Crippen molar-refractivity contribution in [3.8, 4) is 11.5 Å². The SMILES string of the molecule is CCOCC1OCCCc2c1ccc(O)c2OC. The fourth-order valence-electron chi connectivity index (χ4n) is 2.35. The van der Waals surface area contributed by atoms with E-state index < -0.39 is 0 Å². The number of benzene rings is 1. The van der Waals surface area contributed by atoms with Gasteiger partial charge in [-0.25, -0.2) is 0 Å². The molecule has 1 N–H and O–H groups in total. The lowest BCUT2D eigenvalue weighted by molar-refractivity contribution is -0.0124. The van der Waals surface area contributed by atoms with E-state index >= 15 is 0 Å². The summed E-state index contributed by atoms with van der Waals surface area (Å²) in [5, 5.41) is 9.82. The lowest BCUT2D eigenvalue weighted by atomic mass is 9.98. The summed E-state index contributed by atoms with van der Waals surface area (Å²) in [5.74, 6) is 0.757. The van der Waals surface area contributed by atoms with Crippen LogP contribution in [0.15, 0.2) is 12.1 Å². The third kappa shape index (κ3) is 2.60. The van der Waals surface area contributed by atoms with E-state index in [0.29, 0.717) is 25.6 Å². The van der Waals surface area contributed by atoms with Crippen LogP contribution in [0.5, 0.6) is 11.5 Å². The van der Waals surface area contributed by atoms with E-state index in [4.69, 9.17) is 14.2 Å². The second kappa shape index (κ2) is 6.07. The molecule has 1 aliphatic heterocycles. The largest absolute Gasteiger partial charge is 0.504 e. The maximum absolute atomic E-state index is 9.82. The van der Waals surface area contributed by atoms with Crippen molar-refractivity contribution in [2.75, 3.05) is 26.9 Å². The van der Waals surface area contributed by atoms with E-state index in [1.807, 2.05) is 13.0 Å². The van der Waals surface area contributed by atoms with Crippen LogP contribution in [-0.2, 0) is 15.9 Å². The summed E-state index contributed by atoms with van der Waals surface area (Å²) >= 11 is 0. The van der Waals surface area contributed by atoms with Crippen molar-refractivity contribution in [1.82, 2.24) is 0 Å². The number of fused-ring (bicyclic) bond motifs is 1. The topological polar surface area (TPSA) is 47.9 Å². The number of hydrogen-bond donors (Lipinski definition) is 1. The highest BCUT2D eigenvalue weighted by Gasteiger charge is 2.23. The molecule has 0 spiro atoms. The van der Waals surface area contributed by atoms with Crippen LogP contribution in [0.25, 0.3) is 0 Å². The number of methoxy groups -OCH3 is 1. The maximum Gasteiger partial charge on any atom is 0.164 e. The molecular weight excluding hydrogens is 232 g/mol. The normalized spacial score (nSPS) is 19.1. The zero-order chi connectivity index (χ0) is 13.0. The van der Waals surface area contributed by atoms with Crippen LogP contribution in [0.2, 0.25) is 0 Å². The molecular formula is C14H20O4. The molecule has 4 nitrogen and oxygen atoms in total. The molecule has 2 rings (SSSR count). The minimum Gasteiger partial charge on any atom is -0.504 e. The van der Waals surface area contributed by atoms with Crippen LogP contribution in [0.3, 0.4) is 0 Å². The van der Waals surface area contributed by atoms with Gasteiger partial charge in [-0.05, 0) is 31.4 Å². The van der Waals surface area contributed by atoms with E-state index in [1.54, 1.807) is 13.2 Å².